The van der Waals surface area contributed by atoms with Gasteiger partial charge in [0.2, 0.25) is 5.91 Å². The van der Waals surface area contributed by atoms with Crippen LogP contribution < -0.4 is 15.6 Å². The van der Waals surface area contributed by atoms with E-state index < -0.39 is 17.4 Å². The van der Waals surface area contributed by atoms with Gasteiger partial charge in [-0.1, -0.05) is 6.07 Å². The number of hydrogen-bond donors (Lipinski definition) is 2. The molecule has 0 unspecified atom stereocenters. The normalized spacial score (nSPS) is 10.2. The monoisotopic (exact) mass is 316 g/mol. The Kier molecular flexibility index (Phi) is 4.80. The molecule has 1 heterocycles. The molecule has 0 aliphatic rings. The van der Waals surface area contributed by atoms with Gasteiger partial charge in [0.1, 0.15) is 12.3 Å². The Morgan fingerprint density at radius 2 is 2.00 bits per heavy atom. The van der Waals surface area contributed by atoms with Crippen molar-refractivity contribution in [1.82, 2.24) is 4.57 Å². The largest absolute Gasteiger partial charge is 0.495 e. The number of aryl methyl sites for hydroxylation is 1. The highest BCUT2D eigenvalue weighted by molar-refractivity contribution is 5.92. The van der Waals surface area contributed by atoms with Crippen LogP contribution in [0, 0.1) is 6.92 Å². The van der Waals surface area contributed by atoms with E-state index in [4.69, 9.17) is 9.84 Å². The molecule has 1 amide bonds. The number of rotatable bonds is 5. The summed E-state index contributed by atoms with van der Waals surface area (Å²) in [5.74, 6) is -1.13. The maximum absolute atomic E-state index is 12.1. The van der Waals surface area contributed by atoms with E-state index in [0.717, 1.165) is 22.4 Å². The van der Waals surface area contributed by atoms with Gasteiger partial charge in [0.15, 0.2) is 0 Å². The Morgan fingerprint density at radius 3 is 2.65 bits per heavy atom. The van der Waals surface area contributed by atoms with E-state index in [9.17, 15) is 14.4 Å². The predicted octanol–water partition coefficient (Wildman–Crippen LogP) is 1.50. The fourth-order valence-electron chi connectivity index (χ4n) is 2.05. The van der Waals surface area contributed by atoms with Crippen molar-refractivity contribution in [3.8, 4) is 5.75 Å². The van der Waals surface area contributed by atoms with Crippen molar-refractivity contribution in [1.29, 1.82) is 0 Å². The van der Waals surface area contributed by atoms with Crippen molar-refractivity contribution in [2.24, 2.45) is 0 Å². The Balaban J connectivity index is 2.20. The van der Waals surface area contributed by atoms with Crippen LogP contribution >= 0.6 is 0 Å². The van der Waals surface area contributed by atoms with Crippen LogP contribution in [0.1, 0.15) is 15.9 Å². The molecule has 23 heavy (non-hydrogen) atoms. The highest BCUT2D eigenvalue weighted by atomic mass is 16.5. The zero-order valence-electron chi connectivity index (χ0n) is 12.7. The van der Waals surface area contributed by atoms with Gasteiger partial charge in [-0.15, -0.1) is 0 Å². The van der Waals surface area contributed by atoms with Gasteiger partial charge in [-0.25, -0.2) is 4.79 Å². The van der Waals surface area contributed by atoms with E-state index in [2.05, 4.69) is 5.32 Å². The smallest absolute Gasteiger partial charge is 0.337 e. The fraction of sp³-hybridized carbons (Fsp3) is 0.188. The molecule has 120 valence electrons. The third-order valence-corrected chi connectivity index (χ3v) is 3.17. The topological polar surface area (TPSA) is 97.6 Å². The van der Waals surface area contributed by atoms with Crippen LogP contribution in [0.5, 0.6) is 5.75 Å². The average molecular weight is 316 g/mol. The first-order valence-corrected chi connectivity index (χ1v) is 6.79. The van der Waals surface area contributed by atoms with Crippen molar-refractivity contribution < 1.29 is 19.4 Å². The van der Waals surface area contributed by atoms with Crippen molar-refractivity contribution >= 4 is 17.6 Å². The number of ether oxygens (including phenoxy) is 1. The summed E-state index contributed by atoms with van der Waals surface area (Å²) in [6.07, 6.45) is 1.14. The molecular weight excluding hydrogens is 300 g/mol. The molecule has 0 saturated heterocycles. The summed E-state index contributed by atoms with van der Waals surface area (Å²) < 4.78 is 6.21. The minimum atomic E-state index is -1.17. The highest BCUT2D eigenvalue weighted by Gasteiger charge is 2.11. The maximum Gasteiger partial charge on any atom is 0.337 e. The van der Waals surface area contributed by atoms with Gasteiger partial charge < -0.3 is 19.7 Å². The van der Waals surface area contributed by atoms with Crippen LogP contribution in [-0.4, -0.2) is 28.7 Å². The van der Waals surface area contributed by atoms with Crippen LogP contribution in [0.25, 0.3) is 0 Å². The van der Waals surface area contributed by atoms with Gasteiger partial charge in [0, 0.05) is 12.3 Å². The summed E-state index contributed by atoms with van der Waals surface area (Å²) in [6.45, 7) is 1.58. The van der Waals surface area contributed by atoms with E-state index in [-0.39, 0.29) is 12.1 Å². The molecule has 7 heteroatoms. The number of benzene rings is 1. The van der Waals surface area contributed by atoms with Crippen LogP contribution in [0.4, 0.5) is 5.69 Å². The molecule has 0 spiro atoms. The summed E-state index contributed by atoms with van der Waals surface area (Å²) in [5, 5.41) is 11.6. The predicted molar refractivity (Wildman–Crippen MR) is 84.0 cm³/mol. The van der Waals surface area contributed by atoms with Gasteiger partial charge in [-0.2, -0.15) is 0 Å². The summed E-state index contributed by atoms with van der Waals surface area (Å²) in [6, 6.07) is 7.62. The average Bonchev–Trinajstić information content (AvgIpc) is 2.49. The van der Waals surface area contributed by atoms with Gasteiger partial charge >= 0.3 is 5.97 Å². The second-order valence-corrected chi connectivity index (χ2v) is 4.94. The number of carboxylic acid groups (broad SMARTS) is 1. The quantitative estimate of drug-likeness (QED) is 0.871. The molecule has 0 aliphatic heterocycles. The number of nitrogens with zero attached hydrogens (tertiary/aromatic N) is 1. The van der Waals surface area contributed by atoms with Gasteiger partial charge in [-0.3, -0.25) is 9.59 Å². The number of carbonyl (C=O) groups is 2. The molecule has 0 aliphatic carbocycles. The molecule has 2 aromatic rings. The highest BCUT2D eigenvalue weighted by Crippen LogP contribution is 2.25. The zero-order valence-corrected chi connectivity index (χ0v) is 12.7. The molecule has 1 aromatic carbocycles. The fourth-order valence-corrected chi connectivity index (χ4v) is 2.05. The molecule has 2 N–H and O–H groups in total. The zero-order chi connectivity index (χ0) is 17.0. The molecule has 7 nitrogen and oxygen atoms in total. The first kappa shape index (κ1) is 16.3. The summed E-state index contributed by atoms with van der Waals surface area (Å²) in [4.78, 5) is 34.8. The summed E-state index contributed by atoms with van der Waals surface area (Å²) in [5.41, 5.74) is 0.901. The van der Waals surface area contributed by atoms with E-state index in [1.54, 1.807) is 12.1 Å². The number of pyridine rings is 1. The van der Waals surface area contributed by atoms with E-state index >= 15 is 0 Å². The number of carboxylic acids is 1. The van der Waals surface area contributed by atoms with Crippen LogP contribution in [0.2, 0.25) is 0 Å². The second kappa shape index (κ2) is 6.78. The third-order valence-electron chi connectivity index (χ3n) is 3.17. The summed E-state index contributed by atoms with van der Waals surface area (Å²) >= 11 is 0. The number of amides is 1. The number of nitrogens with one attached hydrogen (secondary N) is 1. The molecule has 0 fully saturated rings. The van der Waals surface area contributed by atoms with Gasteiger partial charge in [0.05, 0.1) is 18.4 Å². The number of methoxy groups -OCH3 is 1. The third kappa shape index (κ3) is 3.97. The van der Waals surface area contributed by atoms with Gasteiger partial charge in [-0.05, 0) is 30.7 Å². The number of anilines is 1. The Bertz CT molecular complexity index is 810. The standard InChI is InChI=1S/C16H16N2O5/c1-10-3-5-13(23-2)12(7-10)17-14(19)9-18-8-11(16(21)22)4-6-15(18)20/h3-8H,9H2,1-2H3,(H,17,19)(H,21,22). The molecular formula is C16H16N2O5. The molecule has 0 bridgehead atoms. The summed E-state index contributed by atoms with van der Waals surface area (Å²) in [7, 11) is 1.49. The Morgan fingerprint density at radius 1 is 1.26 bits per heavy atom. The number of aromatic nitrogens is 1. The maximum atomic E-state index is 12.1. The van der Waals surface area contributed by atoms with Crippen molar-refractivity contribution in [3.63, 3.8) is 0 Å². The number of carbonyl (C=O) groups excluding carboxylic acids is 1. The van der Waals surface area contributed by atoms with Crippen LogP contribution in [-0.2, 0) is 11.3 Å². The van der Waals surface area contributed by atoms with Gasteiger partial charge in [0.25, 0.3) is 5.56 Å². The van der Waals surface area contributed by atoms with Crippen LogP contribution in [0.3, 0.4) is 0 Å². The van der Waals surface area contributed by atoms with Crippen molar-refractivity contribution in [2.75, 3.05) is 12.4 Å². The molecule has 2 rings (SSSR count). The number of aromatic carboxylic acids is 1. The van der Waals surface area contributed by atoms with E-state index in [1.807, 2.05) is 13.0 Å². The lowest BCUT2D eigenvalue weighted by molar-refractivity contribution is -0.116. The molecule has 1 aromatic heterocycles. The van der Waals surface area contributed by atoms with Crippen molar-refractivity contribution in [2.45, 2.75) is 13.5 Å². The molecule has 0 saturated carbocycles. The Labute approximate surface area is 132 Å². The minimum Gasteiger partial charge on any atom is -0.495 e. The lowest BCUT2D eigenvalue weighted by Gasteiger charge is -2.12. The lowest BCUT2D eigenvalue weighted by Crippen LogP contribution is -2.27. The SMILES string of the molecule is COc1ccc(C)cc1NC(=O)Cn1cc(C(=O)O)ccc1=O. The molecule has 0 radical (unpaired) electrons. The first-order chi connectivity index (χ1) is 10.9. The van der Waals surface area contributed by atoms with E-state index in [0.29, 0.717) is 11.4 Å². The van der Waals surface area contributed by atoms with Crippen LogP contribution in [0.15, 0.2) is 41.3 Å². The first-order valence-electron chi connectivity index (χ1n) is 6.79. The molecule has 0 atom stereocenters. The minimum absolute atomic E-state index is 0.0643. The van der Waals surface area contributed by atoms with E-state index in [1.165, 1.54) is 13.2 Å². The number of hydrogen-bond acceptors (Lipinski definition) is 4. The van der Waals surface area contributed by atoms with Crippen molar-refractivity contribution in [3.05, 3.63) is 58.0 Å². The second-order valence-electron chi connectivity index (χ2n) is 4.94. The lowest BCUT2D eigenvalue weighted by atomic mass is 10.2. The Hall–Kier alpha value is -3.09.